The zero-order valence-corrected chi connectivity index (χ0v) is 11.4. The molecular formula is C12H17ClN4O2. The summed E-state index contributed by atoms with van der Waals surface area (Å²) < 4.78 is 0. The highest BCUT2D eigenvalue weighted by Gasteiger charge is 2.02. The Kier molecular flexibility index (Phi) is 6.88. The van der Waals surface area contributed by atoms with Crippen LogP contribution >= 0.6 is 11.6 Å². The van der Waals surface area contributed by atoms with Crippen LogP contribution in [0.1, 0.15) is 12.0 Å². The summed E-state index contributed by atoms with van der Waals surface area (Å²) >= 11 is 6.07. The van der Waals surface area contributed by atoms with Crippen molar-refractivity contribution in [3.8, 4) is 0 Å². The number of carbonyl (C=O) groups excluding carboxylic acids is 1. The molecule has 1 aromatic heterocycles. The highest BCUT2D eigenvalue weighted by Crippen LogP contribution is 2.20. The maximum atomic E-state index is 10.8. The number of nitrogens with zero attached hydrogens (tertiary/aromatic N) is 1. The van der Waals surface area contributed by atoms with Crippen molar-refractivity contribution in [2.24, 2.45) is 0 Å². The number of hydrogen-bond acceptors (Lipinski definition) is 5. The van der Waals surface area contributed by atoms with Gasteiger partial charge >= 0.3 is 0 Å². The number of carbonyl (C=O) groups is 1. The van der Waals surface area contributed by atoms with E-state index in [1.807, 2.05) is 7.05 Å². The van der Waals surface area contributed by atoms with Crippen molar-refractivity contribution in [2.75, 3.05) is 25.5 Å². The number of hydrogen-bond donors (Lipinski definition) is 4. The van der Waals surface area contributed by atoms with Crippen molar-refractivity contribution >= 4 is 29.4 Å². The number of nitrogens with one attached hydrogen (secondary N) is 3. The molecule has 0 aromatic carbocycles. The monoisotopic (exact) mass is 284 g/mol. The van der Waals surface area contributed by atoms with E-state index < -0.39 is 5.91 Å². The van der Waals surface area contributed by atoms with Crippen molar-refractivity contribution in [3.63, 3.8) is 0 Å². The van der Waals surface area contributed by atoms with Gasteiger partial charge in [-0.2, -0.15) is 0 Å². The van der Waals surface area contributed by atoms with Gasteiger partial charge in [-0.25, -0.2) is 10.5 Å². The maximum absolute atomic E-state index is 10.8. The molecule has 0 bridgehead atoms. The van der Waals surface area contributed by atoms with Crippen molar-refractivity contribution in [3.05, 3.63) is 28.9 Å². The van der Waals surface area contributed by atoms with Gasteiger partial charge in [0.05, 0.1) is 5.02 Å². The third kappa shape index (κ3) is 5.69. The predicted molar refractivity (Wildman–Crippen MR) is 75.2 cm³/mol. The van der Waals surface area contributed by atoms with Crippen molar-refractivity contribution in [1.29, 1.82) is 0 Å². The van der Waals surface area contributed by atoms with E-state index >= 15 is 0 Å². The Hall–Kier alpha value is -1.63. The van der Waals surface area contributed by atoms with Gasteiger partial charge < -0.3 is 10.6 Å². The van der Waals surface area contributed by atoms with Crippen LogP contribution in [0.25, 0.3) is 6.08 Å². The number of amides is 1. The SMILES string of the molecule is CNCCCNc1ncc(/C=C/C(=O)NO)cc1Cl. The summed E-state index contributed by atoms with van der Waals surface area (Å²) in [5, 5.41) is 15.0. The summed E-state index contributed by atoms with van der Waals surface area (Å²) in [4.78, 5) is 15.0. The van der Waals surface area contributed by atoms with Crippen LogP contribution in [0.4, 0.5) is 5.82 Å². The zero-order valence-electron chi connectivity index (χ0n) is 10.6. The smallest absolute Gasteiger partial charge is 0.267 e. The summed E-state index contributed by atoms with van der Waals surface area (Å²) in [5.74, 6) is 0.00641. The van der Waals surface area contributed by atoms with Gasteiger partial charge in [0, 0.05) is 18.8 Å². The molecule has 19 heavy (non-hydrogen) atoms. The van der Waals surface area contributed by atoms with E-state index in [1.165, 1.54) is 17.6 Å². The number of rotatable bonds is 7. The minimum absolute atomic E-state index is 0.482. The molecule has 1 heterocycles. The van der Waals surface area contributed by atoms with Gasteiger partial charge in [0.15, 0.2) is 0 Å². The van der Waals surface area contributed by atoms with E-state index in [1.54, 1.807) is 12.3 Å². The topological polar surface area (TPSA) is 86.3 Å². The van der Waals surface area contributed by atoms with Gasteiger partial charge in [0.2, 0.25) is 0 Å². The summed E-state index contributed by atoms with van der Waals surface area (Å²) in [6, 6.07) is 1.69. The molecule has 4 N–H and O–H groups in total. The van der Waals surface area contributed by atoms with Crippen LogP contribution in [0.15, 0.2) is 18.3 Å². The Balaban J connectivity index is 2.59. The second-order valence-electron chi connectivity index (χ2n) is 3.79. The first kappa shape index (κ1) is 15.4. The van der Waals surface area contributed by atoms with Gasteiger partial charge in [-0.3, -0.25) is 10.0 Å². The largest absolute Gasteiger partial charge is 0.369 e. The molecule has 0 aliphatic rings. The van der Waals surface area contributed by atoms with E-state index in [4.69, 9.17) is 16.8 Å². The summed E-state index contributed by atoms with van der Waals surface area (Å²) in [7, 11) is 1.90. The molecule has 1 aromatic rings. The lowest BCUT2D eigenvalue weighted by atomic mass is 10.2. The average Bonchev–Trinajstić information content (AvgIpc) is 2.42. The van der Waals surface area contributed by atoms with Crippen LogP contribution < -0.4 is 16.1 Å². The Bertz CT molecular complexity index is 451. The van der Waals surface area contributed by atoms with Crippen molar-refractivity contribution in [2.45, 2.75) is 6.42 Å². The van der Waals surface area contributed by atoms with Gasteiger partial charge in [0.1, 0.15) is 5.82 Å². The molecule has 104 valence electrons. The number of pyridine rings is 1. The Morgan fingerprint density at radius 1 is 1.53 bits per heavy atom. The third-order valence-electron chi connectivity index (χ3n) is 2.30. The van der Waals surface area contributed by atoms with Crippen molar-refractivity contribution < 1.29 is 10.0 Å². The second kappa shape index (κ2) is 8.47. The molecule has 0 aliphatic heterocycles. The molecule has 0 atom stereocenters. The average molecular weight is 285 g/mol. The fourth-order valence-corrected chi connectivity index (χ4v) is 1.60. The van der Waals surface area contributed by atoms with E-state index in [0.29, 0.717) is 16.4 Å². The number of hydroxylamine groups is 1. The van der Waals surface area contributed by atoms with Gasteiger partial charge in [-0.05, 0) is 37.7 Å². The van der Waals surface area contributed by atoms with Crippen LogP contribution in [-0.2, 0) is 4.79 Å². The zero-order chi connectivity index (χ0) is 14.1. The van der Waals surface area contributed by atoms with E-state index in [-0.39, 0.29) is 0 Å². The highest BCUT2D eigenvalue weighted by atomic mass is 35.5. The minimum Gasteiger partial charge on any atom is -0.369 e. The first-order chi connectivity index (χ1) is 9.17. The molecule has 0 unspecified atom stereocenters. The van der Waals surface area contributed by atoms with Crippen LogP contribution in [0, 0.1) is 0 Å². The fraction of sp³-hybridized carbons (Fsp3) is 0.333. The maximum Gasteiger partial charge on any atom is 0.267 e. The molecule has 0 radical (unpaired) electrons. The fourth-order valence-electron chi connectivity index (χ4n) is 1.36. The first-order valence-corrected chi connectivity index (χ1v) is 6.21. The Morgan fingerprint density at radius 3 is 2.95 bits per heavy atom. The molecule has 0 fully saturated rings. The molecule has 7 heteroatoms. The third-order valence-corrected chi connectivity index (χ3v) is 2.58. The van der Waals surface area contributed by atoms with Gasteiger partial charge in [0.25, 0.3) is 5.91 Å². The molecule has 6 nitrogen and oxygen atoms in total. The van der Waals surface area contributed by atoms with E-state index in [9.17, 15) is 4.79 Å². The van der Waals surface area contributed by atoms with E-state index in [0.717, 1.165) is 19.5 Å². The Morgan fingerprint density at radius 2 is 2.32 bits per heavy atom. The summed E-state index contributed by atoms with van der Waals surface area (Å²) in [5.41, 5.74) is 2.18. The molecular weight excluding hydrogens is 268 g/mol. The Labute approximate surface area is 116 Å². The lowest BCUT2D eigenvalue weighted by molar-refractivity contribution is -0.124. The van der Waals surface area contributed by atoms with Crippen LogP contribution in [0.3, 0.4) is 0 Å². The standard InChI is InChI=1S/C12H17ClN4O2/c1-14-5-2-6-15-12-10(13)7-9(8-16-12)3-4-11(18)17-19/h3-4,7-8,14,19H,2,5-6H2,1H3,(H,15,16)(H,17,18)/b4-3+. The predicted octanol–water partition coefficient (Wildman–Crippen LogP) is 1.27. The molecule has 0 saturated carbocycles. The molecule has 0 saturated heterocycles. The molecule has 0 spiro atoms. The first-order valence-electron chi connectivity index (χ1n) is 5.83. The van der Waals surface area contributed by atoms with Crippen LogP contribution in [0.2, 0.25) is 5.02 Å². The lowest BCUT2D eigenvalue weighted by Crippen LogP contribution is -2.14. The number of halogens is 1. The lowest BCUT2D eigenvalue weighted by Gasteiger charge is -2.07. The van der Waals surface area contributed by atoms with Crippen molar-refractivity contribution in [1.82, 2.24) is 15.8 Å². The normalized spacial score (nSPS) is 10.7. The molecule has 1 amide bonds. The highest BCUT2D eigenvalue weighted by molar-refractivity contribution is 6.33. The summed E-state index contributed by atoms with van der Waals surface area (Å²) in [6.45, 7) is 1.69. The quantitative estimate of drug-likeness (QED) is 0.262. The molecule has 0 aliphatic carbocycles. The minimum atomic E-state index is -0.606. The van der Waals surface area contributed by atoms with Crippen LogP contribution in [0.5, 0.6) is 0 Å². The van der Waals surface area contributed by atoms with Gasteiger partial charge in [-0.1, -0.05) is 11.6 Å². The molecule has 1 rings (SSSR count). The number of aromatic nitrogens is 1. The summed E-state index contributed by atoms with van der Waals surface area (Å²) in [6.07, 6.45) is 5.25. The van der Waals surface area contributed by atoms with E-state index in [2.05, 4.69) is 15.6 Å². The second-order valence-corrected chi connectivity index (χ2v) is 4.20. The van der Waals surface area contributed by atoms with Crippen LogP contribution in [-0.4, -0.2) is 36.2 Å². The van der Waals surface area contributed by atoms with Gasteiger partial charge in [-0.15, -0.1) is 0 Å². The number of anilines is 1.